The molecule has 0 amide bonds. The van der Waals surface area contributed by atoms with Crippen LogP contribution in [0, 0.1) is 10.1 Å². The lowest BCUT2D eigenvalue weighted by Gasteiger charge is -2.22. The molecule has 1 aromatic heterocycles. The van der Waals surface area contributed by atoms with E-state index in [0.29, 0.717) is 11.3 Å². The Hall–Kier alpha value is -3.48. The Balaban J connectivity index is 1.87. The first-order valence-corrected chi connectivity index (χ1v) is 7.72. The number of carbonyl (C=O) groups excluding carboxylic acids is 1. The number of non-ortho nitro benzene ring substituents is 1. The highest BCUT2D eigenvalue weighted by atomic mass is 16.6. The molecule has 0 spiro atoms. The van der Waals surface area contributed by atoms with Crippen molar-refractivity contribution in [2.75, 3.05) is 0 Å². The maximum atomic E-state index is 11.9. The van der Waals surface area contributed by atoms with E-state index < -0.39 is 4.92 Å². The van der Waals surface area contributed by atoms with Gasteiger partial charge >= 0.3 is 5.97 Å². The Labute approximate surface area is 142 Å². The molecular weight excluding hydrogens is 322 g/mol. The van der Waals surface area contributed by atoms with Crippen LogP contribution < -0.4 is 4.74 Å². The number of ether oxygens (including phenoxy) is 1. The molecule has 7 heteroatoms. The number of H-pyrrole nitrogens is 1. The van der Waals surface area contributed by atoms with Crippen LogP contribution in [0.1, 0.15) is 23.5 Å². The van der Waals surface area contributed by atoms with Crippen molar-refractivity contribution in [2.45, 2.75) is 12.3 Å². The first-order chi connectivity index (χ1) is 12.1. The molecule has 1 aliphatic rings. The first-order valence-electron chi connectivity index (χ1n) is 7.72. The van der Waals surface area contributed by atoms with Gasteiger partial charge in [0, 0.05) is 23.6 Å². The van der Waals surface area contributed by atoms with E-state index >= 15 is 0 Å². The average molecular weight is 335 g/mol. The zero-order valence-corrected chi connectivity index (χ0v) is 13.0. The maximum absolute atomic E-state index is 11.9. The molecule has 0 saturated heterocycles. The second-order valence-corrected chi connectivity index (χ2v) is 5.77. The number of benzene rings is 2. The standard InChI is InChI=1S/C18H13N3O4/c22-15-10-14(11-5-2-1-3-6-11)16-17(19-20-18(16)25-15)12-7-4-8-13(9-12)21(23)24/h1-9,14H,10H2,(H,19,20). The lowest BCUT2D eigenvalue weighted by molar-refractivity contribution is -0.384. The van der Waals surface area contributed by atoms with Crippen molar-refractivity contribution < 1.29 is 14.5 Å². The molecule has 2 aromatic carbocycles. The van der Waals surface area contributed by atoms with Crippen molar-refractivity contribution >= 4 is 11.7 Å². The molecule has 1 unspecified atom stereocenters. The summed E-state index contributed by atoms with van der Waals surface area (Å²) in [5.41, 5.74) is 2.95. The van der Waals surface area contributed by atoms with Crippen molar-refractivity contribution in [2.24, 2.45) is 0 Å². The molecule has 0 saturated carbocycles. The molecular formula is C18H13N3O4. The second-order valence-electron chi connectivity index (χ2n) is 5.77. The van der Waals surface area contributed by atoms with Gasteiger partial charge in [0.15, 0.2) is 0 Å². The molecule has 1 aliphatic heterocycles. The van der Waals surface area contributed by atoms with Crippen LogP contribution in [0.2, 0.25) is 0 Å². The normalized spacial score (nSPS) is 16.2. The Morgan fingerprint density at radius 3 is 2.72 bits per heavy atom. The summed E-state index contributed by atoms with van der Waals surface area (Å²) in [7, 11) is 0. The van der Waals surface area contributed by atoms with E-state index in [2.05, 4.69) is 10.2 Å². The SMILES string of the molecule is O=C1CC(c2ccccc2)c2c(n[nH]c2-c2cccc([N+](=O)[O-])c2)O1. The number of hydrogen-bond acceptors (Lipinski definition) is 5. The summed E-state index contributed by atoms with van der Waals surface area (Å²) < 4.78 is 5.25. The van der Waals surface area contributed by atoms with Crippen LogP contribution in [0.15, 0.2) is 54.6 Å². The van der Waals surface area contributed by atoms with E-state index in [9.17, 15) is 14.9 Å². The monoisotopic (exact) mass is 335 g/mol. The summed E-state index contributed by atoms with van der Waals surface area (Å²) in [5, 5.41) is 18.0. The zero-order valence-electron chi connectivity index (χ0n) is 13.0. The van der Waals surface area contributed by atoms with Crippen molar-refractivity contribution in [1.29, 1.82) is 0 Å². The number of nitrogens with one attached hydrogen (secondary N) is 1. The van der Waals surface area contributed by atoms with E-state index in [0.717, 1.165) is 11.1 Å². The first kappa shape index (κ1) is 15.1. The summed E-state index contributed by atoms with van der Waals surface area (Å²) >= 11 is 0. The van der Waals surface area contributed by atoms with Crippen molar-refractivity contribution in [3.8, 4) is 17.1 Å². The summed E-state index contributed by atoms with van der Waals surface area (Å²) in [6.07, 6.45) is 0.193. The zero-order chi connectivity index (χ0) is 17.4. The number of aromatic nitrogens is 2. The van der Waals surface area contributed by atoms with Gasteiger partial charge in [0.05, 0.1) is 22.6 Å². The predicted octanol–water partition coefficient (Wildman–Crippen LogP) is 3.43. The fourth-order valence-corrected chi connectivity index (χ4v) is 3.12. The molecule has 4 rings (SSSR count). The van der Waals surface area contributed by atoms with Crippen LogP contribution in [0.4, 0.5) is 5.69 Å². The van der Waals surface area contributed by atoms with E-state index in [4.69, 9.17) is 4.74 Å². The number of nitro groups is 1. The molecule has 0 radical (unpaired) electrons. The molecule has 25 heavy (non-hydrogen) atoms. The third-order valence-corrected chi connectivity index (χ3v) is 4.25. The van der Waals surface area contributed by atoms with Gasteiger partial charge in [-0.15, -0.1) is 5.10 Å². The molecule has 2 heterocycles. The van der Waals surface area contributed by atoms with E-state index in [-0.39, 0.29) is 29.9 Å². The quantitative estimate of drug-likeness (QED) is 0.449. The van der Waals surface area contributed by atoms with Gasteiger partial charge in [0.2, 0.25) is 5.88 Å². The van der Waals surface area contributed by atoms with Gasteiger partial charge in [-0.2, -0.15) is 0 Å². The van der Waals surface area contributed by atoms with E-state index in [1.807, 2.05) is 30.3 Å². The molecule has 0 aliphatic carbocycles. The van der Waals surface area contributed by atoms with Crippen LogP contribution >= 0.6 is 0 Å². The van der Waals surface area contributed by atoms with Gasteiger partial charge in [0.25, 0.3) is 5.69 Å². The van der Waals surface area contributed by atoms with Crippen LogP contribution in [0.5, 0.6) is 5.88 Å². The minimum absolute atomic E-state index is 0.00934. The highest BCUT2D eigenvalue weighted by Crippen LogP contribution is 2.43. The lowest BCUT2D eigenvalue weighted by Crippen LogP contribution is -2.20. The number of hydrogen-bond donors (Lipinski definition) is 1. The number of nitro benzene ring substituents is 1. The third-order valence-electron chi connectivity index (χ3n) is 4.25. The smallest absolute Gasteiger partial charge is 0.313 e. The van der Waals surface area contributed by atoms with Gasteiger partial charge in [-0.05, 0) is 5.56 Å². The second kappa shape index (κ2) is 5.86. The van der Waals surface area contributed by atoms with Gasteiger partial charge in [0.1, 0.15) is 0 Å². The maximum Gasteiger partial charge on any atom is 0.313 e. The van der Waals surface area contributed by atoms with Gasteiger partial charge in [-0.25, -0.2) is 0 Å². The number of esters is 1. The molecule has 1 N–H and O–H groups in total. The number of nitrogens with zero attached hydrogens (tertiary/aromatic N) is 2. The van der Waals surface area contributed by atoms with E-state index in [1.165, 1.54) is 12.1 Å². The average Bonchev–Trinajstić information content (AvgIpc) is 3.05. The Morgan fingerprint density at radius 1 is 1.16 bits per heavy atom. The van der Waals surface area contributed by atoms with Crippen molar-refractivity contribution in [3.63, 3.8) is 0 Å². The molecule has 124 valence electrons. The minimum atomic E-state index is -0.443. The topological polar surface area (TPSA) is 98.1 Å². The summed E-state index contributed by atoms with van der Waals surface area (Å²) in [5.74, 6) is -0.337. The van der Waals surface area contributed by atoms with Gasteiger partial charge in [-0.3, -0.25) is 20.0 Å². The van der Waals surface area contributed by atoms with Crippen molar-refractivity contribution in [3.05, 3.63) is 75.8 Å². The highest BCUT2D eigenvalue weighted by molar-refractivity contribution is 5.80. The number of aromatic amines is 1. The van der Waals surface area contributed by atoms with Crippen LogP contribution in [0.25, 0.3) is 11.3 Å². The van der Waals surface area contributed by atoms with Crippen LogP contribution in [-0.4, -0.2) is 21.1 Å². The van der Waals surface area contributed by atoms with Gasteiger partial charge in [-0.1, -0.05) is 42.5 Å². The fraction of sp³-hybridized carbons (Fsp3) is 0.111. The predicted molar refractivity (Wildman–Crippen MR) is 89.2 cm³/mol. The molecule has 1 atom stereocenters. The summed E-state index contributed by atoms with van der Waals surface area (Å²) in [6.45, 7) is 0. The van der Waals surface area contributed by atoms with Gasteiger partial charge < -0.3 is 4.74 Å². The third kappa shape index (κ3) is 2.65. The minimum Gasteiger partial charge on any atom is -0.405 e. The Morgan fingerprint density at radius 2 is 1.96 bits per heavy atom. The largest absolute Gasteiger partial charge is 0.405 e. The molecule has 0 fully saturated rings. The Bertz CT molecular complexity index is 965. The van der Waals surface area contributed by atoms with Crippen molar-refractivity contribution in [1.82, 2.24) is 10.2 Å². The van der Waals surface area contributed by atoms with E-state index in [1.54, 1.807) is 12.1 Å². The molecule has 3 aromatic rings. The highest BCUT2D eigenvalue weighted by Gasteiger charge is 2.34. The van der Waals surface area contributed by atoms with Crippen LogP contribution in [0.3, 0.4) is 0 Å². The molecule has 7 nitrogen and oxygen atoms in total. The fourth-order valence-electron chi connectivity index (χ4n) is 3.12. The number of carbonyl (C=O) groups is 1. The van der Waals surface area contributed by atoms with Crippen LogP contribution in [-0.2, 0) is 4.79 Å². The molecule has 0 bridgehead atoms. The number of fused-ring (bicyclic) bond motifs is 1. The summed E-state index contributed by atoms with van der Waals surface area (Å²) in [4.78, 5) is 22.5. The summed E-state index contributed by atoms with van der Waals surface area (Å²) in [6, 6.07) is 15.9. The number of rotatable bonds is 3. The lowest BCUT2D eigenvalue weighted by atomic mass is 9.86. The Kier molecular flexibility index (Phi) is 3.53.